The summed E-state index contributed by atoms with van der Waals surface area (Å²) in [7, 11) is 0. The second kappa shape index (κ2) is 6.79. The highest BCUT2D eigenvalue weighted by molar-refractivity contribution is 6.30. The molecule has 0 saturated heterocycles. The van der Waals surface area contributed by atoms with Crippen molar-refractivity contribution in [1.29, 1.82) is 0 Å². The summed E-state index contributed by atoms with van der Waals surface area (Å²) in [6, 6.07) is 14.2. The van der Waals surface area contributed by atoms with Crippen LogP contribution in [0.25, 0.3) is 28.0 Å². The highest BCUT2D eigenvalue weighted by Crippen LogP contribution is 2.40. The summed E-state index contributed by atoms with van der Waals surface area (Å²) < 4.78 is 42.9. The number of fused-ring (bicyclic) bond motifs is 1. The number of nitrogens with zero attached hydrogens (tertiary/aromatic N) is 3. The molecule has 0 saturated carbocycles. The predicted molar refractivity (Wildman–Crippen MR) is 104 cm³/mol. The maximum atomic E-state index is 13.8. The molecule has 0 N–H and O–H groups in total. The first-order valence-corrected chi connectivity index (χ1v) is 8.99. The Kier molecular flexibility index (Phi) is 4.56. The number of aromatic nitrogens is 3. The Bertz CT molecular complexity index is 1160. The molecule has 8 heteroatoms. The number of halogens is 5. The molecule has 0 radical (unpaired) electrons. The summed E-state index contributed by atoms with van der Waals surface area (Å²) in [6.45, 7) is 1.52. The molecular weight excluding hydrogens is 410 g/mol. The number of rotatable bonds is 2. The molecule has 4 aromatic rings. The fourth-order valence-corrected chi connectivity index (χ4v) is 3.29. The van der Waals surface area contributed by atoms with Gasteiger partial charge in [-0.15, -0.1) is 0 Å². The maximum Gasteiger partial charge on any atom is 0.417 e. The molecule has 0 aliphatic heterocycles. The minimum absolute atomic E-state index is 0.0598. The third-order valence-electron chi connectivity index (χ3n) is 4.26. The Morgan fingerprint density at radius 1 is 0.893 bits per heavy atom. The van der Waals surface area contributed by atoms with Crippen LogP contribution >= 0.6 is 23.2 Å². The number of benzene rings is 2. The summed E-state index contributed by atoms with van der Waals surface area (Å²) in [4.78, 5) is 4.35. The van der Waals surface area contributed by atoms with Gasteiger partial charge in [0.25, 0.3) is 0 Å². The predicted octanol–water partition coefficient (Wildman–Crippen LogP) is 6.72. The van der Waals surface area contributed by atoms with Gasteiger partial charge >= 0.3 is 6.18 Å². The number of pyridine rings is 1. The average Bonchev–Trinajstić information content (AvgIpc) is 3.01. The van der Waals surface area contributed by atoms with Crippen LogP contribution in [0.4, 0.5) is 13.2 Å². The first-order chi connectivity index (χ1) is 13.2. The van der Waals surface area contributed by atoms with Crippen LogP contribution in [0.3, 0.4) is 0 Å². The molecule has 0 spiro atoms. The topological polar surface area (TPSA) is 30.7 Å². The second-order valence-electron chi connectivity index (χ2n) is 6.25. The molecule has 142 valence electrons. The lowest BCUT2D eigenvalue weighted by molar-refractivity contribution is -0.136. The van der Waals surface area contributed by atoms with E-state index in [-0.39, 0.29) is 22.4 Å². The van der Waals surface area contributed by atoms with Crippen molar-refractivity contribution in [1.82, 2.24) is 14.8 Å². The van der Waals surface area contributed by atoms with Gasteiger partial charge in [0.2, 0.25) is 0 Å². The molecule has 0 amide bonds. The molecular formula is C20H12Cl2F3N3. The fourth-order valence-electron chi connectivity index (χ4n) is 3.04. The summed E-state index contributed by atoms with van der Waals surface area (Å²) in [5.41, 5.74) is 0.845. The molecule has 0 aliphatic carbocycles. The van der Waals surface area contributed by atoms with E-state index in [4.69, 9.17) is 23.2 Å². The van der Waals surface area contributed by atoms with Crippen LogP contribution in [0, 0.1) is 6.92 Å². The second-order valence-corrected chi connectivity index (χ2v) is 7.12. The van der Waals surface area contributed by atoms with Gasteiger partial charge in [-0.25, -0.2) is 9.67 Å². The van der Waals surface area contributed by atoms with E-state index in [1.807, 2.05) is 0 Å². The van der Waals surface area contributed by atoms with Crippen molar-refractivity contribution < 1.29 is 13.2 Å². The molecule has 0 unspecified atom stereocenters. The van der Waals surface area contributed by atoms with E-state index in [2.05, 4.69) is 10.1 Å². The highest BCUT2D eigenvalue weighted by Gasteiger charge is 2.36. The maximum absolute atomic E-state index is 13.8. The molecule has 2 aromatic heterocycles. The Morgan fingerprint density at radius 3 is 2.04 bits per heavy atom. The number of aryl methyl sites for hydroxylation is 1. The molecule has 0 aliphatic rings. The fraction of sp³-hybridized carbons (Fsp3) is 0.100. The minimum atomic E-state index is -4.55. The zero-order valence-electron chi connectivity index (χ0n) is 14.4. The van der Waals surface area contributed by atoms with Gasteiger partial charge in [-0.2, -0.15) is 18.3 Å². The van der Waals surface area contributed by atoms with Crippen LogP contribution in [0.15, 0.2) is 54.6 Å². The Balaban J connectivity index is 2.10. The van der Waals surface area contributed by atoms with E-state index in [9.17, 15) is 13.2 Å². The van der Waals surface area contributed by atoms with Crippen molar-refractivity contribution >= 4 is 34.2 Å². The van der Waals surface area contributed by atoms with E-state index < -0.39 is 11.7 Å². The van der Waals surface area contributed by atoms with Crippen LogP contribution in [0.1, 0.15) is 11.3 Å². The van der Waals surface area contributed by atoms with Crippen LogP contribution in [-0.2, 0) is 6.18 Å². The van der Waals surface area contributed by atoms with Crippen LogP contribution in [0.5, 0.6) is 0 Å². The molecule has 2 heterocycles. The highest BCUT2D eigenvalue weighted by atomic mass is 35.5. The smallest absolute Gasteiger partial charge is 0.233 e. The van der Waals surface area contributed by atoms with Crippen molar-refractivity contribution in [2.75, 3.05) is 0 Å². The largest absolute Gasteiger partial charge is 0.417 e. The Morgan fingerprint density at radius 2 is 1.46 bits per heavy atom. The van der Waals surface area contributed by atoms with Gasteiger partial charge in [-0.1, -0.05) is 35.3 Å². The quantitative estimate of drug-likeness (QED) is 0.359. The third-order valence-corrected chi connectivity index (χ3v) is 4.76. The summed E-state index contributed by atoms with van der Waals surface area (Å²) in [5.74, 6) is 0. The van der Waals surface area contributed by atoms with E-state index in [1.54, 1.807) is 48.5 Å². The molecule has 0 bridgehead atoms. The molecule has 0 atom stereocenters. The van der Waals surface area contributed by atoms with E-state index in [0.717, 1.165) is 6.07 Å². The summed E-state index contributed by atoms with van der Waals surface area (Å²) >= 11 is 11.9. The van der Waals surface area contributed by atoms with Gasteiger partial charge in [-0.05, 0) is 49.4 Å². The van der Waals surface area contributed by atoms with Crippen molar-refractivity contribution in [3.63, 3.8) is 0 Å². The number of hydrogen-bond acceptors (Lipinski definition) is 2. The van der Waals surface area contributed by atoms with E-state index >= 15 is 0 Å². The zero-order valence-corrected chi connectivity index (χ0v) is 15.9. The summed E-state index contributed by atoms with van der Waals surface area (Å²) in [5, 5.41) is 5.41. The van der Waals surface area contributed by atoms with Crippen molar-refractivity contribution in [3.8, 4) is 16.9 Å². The normalized spacial score (nSPS) is 11.9. The lowest BCUT2D eigenvalue weighted by Gasteiger charge is -2.10. The van der Waals surface area contributed by atoms with E-state index in [1.165, 1.54) is 11.6 Å². The van der Waals surface area contributed by atoms with Crippen LogP contribution in [0.2, 0.25) is 10.0 Å². The molecule has 4 rings (SSSR count). The third kappa shape index (κ3) is 3.34. The van der Waals surface area contributed by atoms with Crippen LogP contribution < -0.4 is 0 Å². The van der Waals surface area contributed by atoms with Gasteiger partial charge < -0.3 is 0 Å². The van der Waals surface area contributed by atoms with Gasteiger partial charge in [0.1, 0.15) is 5.69 Å². The van der Waals surface area contributed by atoms with Gasteiger partial charge in [-0.3, -0.25) is 0 Å². The van der Waals surface area contributed by atoms with Crippen LogP contribution in [-0.4, -0.2) is 14.8 Å². The van der Waals surface area contributed by atoms with Crippen molar-refractivity contribution in [3.05, 3.63) is 75.9 Å². The number of hydrogen-bond donors (Lipinski definition) is 0. The lowest BCUT2D eigenvalue weighted by atomic mass is 10.0. The SMILES string of the molecule is Cc1cc(C(F)(F)F)c2c(-c3ccc(Cl)cc3)nn(-c3ccc(Cl)cc3)c2n1. The zero-order chi connectivity index (χ0) is 20.1. The molecule has 28 heavy (non-hydrogen) atoms. The Labute approximate surface area is 168 Å². The van der Waals surface area contributed by atoms with Gasteiger partial charge in [0, 0.05) is 21.3 Å². The van der Waals surface area contributed by atoms with Crippen molar-refractivity contribution in [2.45, 2.75) is 13.1 Å². The van der Waals surface area contributed by atoms with Gasteiger partial charge in [0.05, 0.1) is 16.6 Å². The van der Waals surface area contributed by atoms with Crippen molar-refractivity contribution in [2.24, 2.45) is 0 Å². The number of alkyl halides is 3. The lowest BCUT2D eigenvalue weighted by Crippen LogP contribution is -2.08. The first-order valence-electron chi connectivity index (χ1n) is 8.23. The summed E-state index contributed by atoms with van der Waals surface area (Å²) in [6.07, 6.45) is -4.55. The van der Waals surface area contributed by atoms with E-state index in [0.29, 0.717) is 21.3 Å². The average molecular weight is 422 g/mol. The Hall–Kier alpha value is -2.57. The first kappa shape index (κ1) is 18.8. The molecule has 2 aromatic carbocycles. The molecule has 0 fully saturated rings. The molecule has 3 nitrogen and oxygen atoms in total. The van der Waals surface area contributed by atoms with Gasteiger partial charge in [0.15, 0.2) is 5.65 Å². The standard InChI is InChI=1S/C20H12Cl2F3N3/c1-11-10-16(20(23,24)25)17-18(12-2-4-13(21)5-3-12)27-28(19(17)26-11)15-8-6-14(22)7-9-15/h2-10H,1H3. The minimum Gasteiger partial charge on any atom is -0.233 e. The monoisotopic (exact) mass is 421 g/mol.